The first-order valence-corrected chi connectivity index (χ1v) is 5.26. The van der Waals surface area contributed by atoms with Gasteiger partial charge < -0.3 is 14.8 Å². The molecule has 1 aromatic carbocycles. The zero-order valence-electron chi connectivity index (χ0n) is 9.67. The predicted octanol–water partition coefficient (Wildman–Crippen LogP) is 1.86. The highest BCUT2D eigenvalue weighted by Crippen LogP contribution is 2.28. The number of ether oxygens (including phenoxy) is 2. The molecular formula is C12H19NO2. The molecule has 0 aliphatic heterocycles. The smallest absolute Gasteiger partial charge is 0.126 e. The van der Waals surface area contributed by atoms with Crippen molar-refractivity contribution in [3.8, 4) is 11.5 Å². The molecule has 0 bridgehead atoms. The second-order valence-corrected chi connectivity index (χ2v) is 3.22. The Morgan fingerprint density at radius 1 is 1.27 bits per heavy atom. The van der Waals surface area contributed by atoms with Crippen molar-refractivity contribution in [1.29, 1.82) is 0 Å². The molecule has 0 saturated heterocycles. The second kappa shape index (κ2) is 6.30. The van der Waals surface area contributed by atoms with E-state index in [4.69, 9.17) is 9.47 Å². The zero-order valence-corrected chi connectivity index (χ0v) is 9.67. The van der Waals surface area contributed by atoms with Crippen molar-refractivity contribution < 1.29 is 9.47 Å². The van der Waals surface area contributed by atoms with Gasteiger partial charge in [0.2, 0.25) is 0 Å². The SMILES string of the molecule is CCOc1cccc(OC)c1CCNC. The first-order valence-electron chi connectivity index (χ1n) is 5.26. The molecule has 0 aromatic heterocycles. The van der Waals surface area contributed by atoms with Gasteiger partial charge in [-0.05, 0) is 39.1 Å². The Morgan fingerprint density at radius 2 is 2.00 bits per heavy atom. The van der Waals surface area contributed by atoms with Crippen LogP contribution in [0.5, 0.6) is 11.5 Å². The predicted molar refractivity (Wildman–Crippen MR) is 61.8 cm³/mol. The van der Waals surface area contributed by atoms with Gasteiger partial charge in [0, 0.05) is 5.56 Å². The lowest BCUT2D eigenvalue weighted by Gasteiger charge is -2.13. The minimum atomic E-state index is 0.680. The first kappa shape index (κ1) is 11.9. The van der Waals surface area contributed by atoms with Gasteiger partial charge in [0.25, 0.3) is 0 Å². The molecule has 1 aromatic rings. The fraction of sp³-hybridized carbons (Fsp3) is 0.500. The molecule has 0 fully saturated rings. The molecule has 0 saturated carbocycles. The fourth-order valence-corrected chi connectivity index (χ4v) is 1.52. The number of rotatable bonds is 6. The normalized spacial score (nSPS) is 10.1. The van der Waals surface area contributed by atoms with Crippen LogP contribution in [0.25, 0.3) is 0 Å². The summed E-state index contributed by atoms with van der Waals surface area (Å²) < 4.78 is 10.9. The number of hydrogen-bond donors (Lipinski definition) is 1. The van der Waals surface area contributed by atoms with E-state index in [-0.39, 0.29) is 0 Å². The third-order valence-electron chi connectivity index (χ3n) is 2.23. The maximum Gasteiger partial charge on any atom is 0.126 e. The molecule has 0 heterocycles. The minimum absolute atomic E-state index is 0.680. The highest BCUT2D eigenvalue weighted by atomic mass is 16.5. The summed E-state index contributed by atoms with van der Waals surface area (Å²) in [5, 5.41) is 3.13. The molecule has 3 heteroatoms. The molecule has 15 heavy (non-hydrogen) atoms. The Balaban J connectivity index is 2.92. The van der Waals surface area contributed by atoms with Gasteiger partial charge in [-0.2, -0.15) is 0 Å². The summed E-state index contributed by atoms with van der Waals surface area (Å²) in [6.45, 7) is 3.58. The Morgan fingerprint density at radius 3 is 2.60 bits per heavy atom. The van der Waals surface area contributed by atoms with Crippen molar-refractivity contribution in [3.63, 3.8) is 0 Å². The summed E-state index contributed by atoms with van der Waals surface area (Å²) in [6, 6.07) is 5.90. The molecule has 0 radical (unpaired) electrons. The Hall–Kier alpha value is -1.22. The molecule has 0 unspecified atom stereocenters. The molecule has 0 aliphatic carbocycles. The van der Waals surface area contributed by atoms with E-state index in [2.05, 4.69) is 5.32 Å². The van der Waals surface area contributed by atoms with Crippen LogP contribution in [0.4, 0.5) is 0 Å². The van der Waals surface area contributed by atoms with Gasteiger partial charge in [0.15, 0.2) is 0 Å². The van der Waals surface area contributed by atoms with Crippen molar-refractivity contribution in [2.75, 3.05) is 27.3 Å². The van der Waals surface area contributed by atoms with Gasteiger partial charge in [0.1, 0.15) is 11.5 Å². The van der Waals surface area contributed by atoms with E-state index in [1.165, 1.54) is 0 Å². The summed E-state index contributed by atoms with van der Waals surface area (Å²) in [5.74, 6) is 1.82. The highest BCUT2D eigenvalue weighted by Gasteiger charge is 2.08. The van der Waals surface area contributed by atoms with Gasteiger partial charge in [-0.25, -0.2) is 0 Å². The lowest BCUT2D eigenvalue weighted by atomic mass is 10.1. The van der Waals surface area contributed by atoms with Crippen molar-refractivity contribution >= 4 is 0 Å². The quantitative estimate of drug-likeness (QED) is 0.775. The van der Waals surface area contributed by atoms with Gasteiger partial charge in [-0.3, -0.25) is 0 Å². The minimum Gasteiger partial charge on any atom is -0.496 e. The number of likely N-dealkylation sites (N-methyl/N-ethyl adjacent to an activating group) is 1. The van der Waals surface area contributed by atoms with Crippen LogP contribution >= 0.6 is 0 Å². The highest BCUT2D eigenvalue weighted by molar-refractivity contribution is 5.45. The summed E-state index contributed by atoms with van der Waals surface area (Å²) >= 11 is 0. The molecule has 0 amide bonds. The van der Waals surface area contributed by atoms with E-state index < -0.39 is 0 Å². The van der Waals surface area contributed by atoms with Gasteiger partial charge in [-0.15, -0.1) is 0 Å². The van der Waals surface area contributed by atoms with E-state index in [0.29, 0.717) is 6.61 Å². The van der Waals surface area contributed by atoms with Crippen molar-refractivity contribution in [2.45, 2.75) is 13.3 Å². The average Bonchev–Trinajstić information content (AvgIpc) is 2.27. The molecule has 3 nitrogen and oxygen atoms in total. The monoisotopic (exact) mass is 209 g/mol. The fourth-order valence-electron chi connectivity index (χ4n) is 1.52. The van der Waals surface area contributed by atoms with E-state index in [9.17, 15) is 0 Å². The lowest BCUT2D eigenvalue weighted by molar-refractivity contribution is 0.330. The van der Waals surface area contributed by atoms with Gasteiger partial charge >= 0.3 is 0 Å². The lowest BCUT2D eigenvalue weighted by Crippen LogP contribution is -2.12. The molecule has 0 spiro atoms. The second-order valence-electron chi connectivity index (χ2n) is 3.22. The Labute approximate surface area is 91.4 Å². The number of methoxy groups -OCH3 is 1. The maximum atomic E-state index is 5.57. The molecule has 0 aliphatic rings. The summed E-state index contributed by atoms with van der Waals surface area (Å²) in [6.07, 6.45) is 0.913. The third-order valence-corrected chi connectivity index (χ3v) is 2.23. The van der Waals surface area contributed by atoms with Crippen LogP contribution in [0.15, 0.2) is 18.2 Å². The van der Waals surface area contributed by atoms with Crippen molar-refractivity contribution in [2.24, 2.45) is 0 Å². The number of benzene rings is 1. The topological polar surface area (TPSA) is 30.5 Å². The molecular weight excluding hydrogens is 190 g/mol. The molecule has 1 rings (SSSR count). The van der Waals surface area contributed by atoms with E-state index in [1.807, 2.05) is 32.2 Å². The summed E-state index contributed by atoms with van der Waals surface area (Å²) in [5.41, 5.74) is 1.14. The number of nitrogens with one attached hydrogen (secondary N) is 1. The third kappa shape index (κ3) is 3.13. The Kier molecular flexibility index (Phi) is 4.98. The largest absolute Gasteiger partial charge is 0.496 e. The van der Waals surface area contributed by atoms with Crippen LogP contribution in [-0.4, -0.2) is 27.3 Å². The standard InChI is InChI=1S/C12H19NO2/c1-4-15-12-7-5-6-11(14-3)10(12)8-9-13-2/h5-7,13H,4,8-9H2,1-3H3. The Bertz CT molecular complexity index is 300. The van der Waals surface area contributed by atoms with Crippen LogP contribution < -0.4 is 14.8 Å². The zero-order chi connectivity index (χ0) is 11.1. The van der Waals surface area contributed by atoms with Crippen molar-refractivity contribution in [3.05, 3.63) is 23.8 Å². The van der Waals surface area contributed by atoms with Gasteiger partial charge in [0.05, 0.1) is 13.7 Å². The van der Waals surface area contributed by atoms with Crippen LogP contribution in [0.2, 0.25) is 0 Å². The average molecular weight is 209 g/mol. The van der Waals surface area contributed by atoms with E-state index >= 15 is 0 Å². The van der Waals surface area contributed by atoms with E-state index in [0.717, 1.165) is 30.0 Å². The van der Waals surface area contributed by atoms with E-state index in [1.54, 1.807) is 7.11 Å². The van der Waals surface area contributed by atoms with Crippen LogP contribution in [-0.2, 0) is 6.42 Å². The molecule has 84 valence electrons. The molecule has 1 N–H and O–H groups in total. The number of hydrogen-bond acceptors (Lipinski definition) is 3. The van der Waals surface area contributed by atoms with Crippen LogP contribution in [0, 0.1) is 0 Å². The first-order chi connectivity index (χ1) is 7.33. The summed E-state index contributed by atoms with van der Waals surface area (Å²) in [7, 11) is 3.63. The maximum absolute atomic E-state index is 5.57. The molecule has 0 atom stereocenters. The van der Waals surface area contributed by atoms with Crippen LogP contribution in [0.3, 0.4) is 0 Å². The van der Waals surface area contributed by atoms with Crippen molar-refractivity contribution in [1.82, 2.24) is 5.32 Å². The van der Waals surface area contributed by atoms with Crippen LogP contribution in [0.1, 0.15) is 12.5 Å². The summed E-state index contributed by atoms with van der Waals surface area (Å²) in [4.78, 5) is 0. The van der Waals surface area contributed by atoms with Gasteiger partial charge in [-0.1, -0.05) is 6.07 Å².